The van der Waals surface area contributed by atoms with Gasteiger partial charge in [0.25, 0.3) is 0 Å². The molecule has 0 fully saturated rings. The summed E-state index contributed by atoms with van der Waals surface area (Å²) in [4.78, 5) is 0.466. The Labute approximate surface area is 109 Å². The fraction of sp³-hybridized carbons (Fsp3) is 0.600. The van der Waals surface area contributed by atoms with Gasteiger partial charge >= 0.3 is 0 Å². The van der Waals surface area contributed by atoms with Crippen LogP contribution >= 0.6 is 15.9 Å². The van der Waals surface area contributed by atoms with E-state index in [1.165, 1.54) is 11.1 Å². The zero-order chi connectivity index (χ0) is 12.3. The van der Waals surface area contributed by atoms with E-state index in [0.717, 1.165) is 6.42 Å². The Morgan fingerprint density at radius 1 is 1.00 bits per heavy atom. The molecule has 1 heteroatoms. The van der Waals surface area contributed by atoms with E-state index in [4.69, 9.17) is 0 Å². The molecule has 1 aromatic carbocycles. The second-order valence-electron chi connectivity index (χ2n) is 6.05. The van der Waals surface area contributed by atoms with Crippen molar-refractivity contribution in [2.45, 2.75) is 51.8 Å². The van der Waals surface area contributed by atoms with Gasteiger partial charge in [0.05, 0.1) is 0 Å². The van der Waals surface area contributed by atoms with Gasteiger partial charge in [0.2, 0.25) is 0 Å². The normalized spacial score (nSPS) is 14.2. The molecule has 0 aliphatic carbocycles. The Kier molecular flexibility index (Phi) is 4.61. The zero-order valence-electron chi connectivity index (χ0n) is 11.0. The van der Waals surface area contributed by atoms with E-state index in [1.807, 2.05) is 0 Å². The van der Waals surface area contributed by atoms with Gasteiger partial charge in [0.15, 0.2) is 0 Å². The summed E-state index contributed by atoms with van der Waals surface area (Å²) in [6.07, 6.45) is 1.16. The van der Waals surface area contributed by atoms with Crippen molar-refractivity contribution in [2.24, 2.45) is 5.41 Å². The lowest BCUT2D eigenvalue weighted by atomic mass is 9.88. The van der Waals surface area contributed by atoms with Crippen molar-refractivity contribution in [3.05, 3.63) is 35.4 Å². The number of halogens is 1. The Hall–Kier alpha value is -0.300. The Morgan fingerprint density at radius 2 is 1.44 bits per heavy atom. The maximum absolute atomic E-state index is 3.78. The number of alkyl halides is 1. The molecular weight excluding hydrogens is 260 g/mol. The van der Waals surface area contributed by atoms with Gasteiger partial charge in [-0.15, -0.1) is 0 Å². The molecule has 1 aromatic rings. The van der Waals surface area contributed by atoms with Crippen molar-refractivity contribution in [3.63, 3.8) is 0 Å². The van der Waals surface area contributed by atoms with Crippen LogP contribution in [0.4, 0.5) is 0 Å². The number of hydrogen-bond acceptors (Lipinski definition) is 0. The van der Waals surface area contributed by atoms with E-state index in [-0.39, 0.29) is 0 Å². The Bertz CT molecular complexity index is 316. The average Bonchev–Trinajstić information content (AvgIpc) is 2.15. The van der Waals surface area contributed by atoms with Crippen LogP contribution in [0.2, 0.25) is 0 Å². The van der Waals surface area contributed by atoms with Crippen LogP contribution in [0.1, 0.15) is 62.9 Å². The number of benzene rings is 1. The van der Waals surface area contributed by atoms with Crippen molar-refractivity contribution >= 4 is 15.9 Å². The molecule has 0 heterocycles. The van der Waals surface area contributed by atoms with Gasteiger partial charge in [-0.1, -0.05) is 74.8 Å². The maximum atomic E-state index is 3.78. The minimum Gasteiger partial charge on any atom is -0.0839 e. The van der Waals surface area contributed by atoms with E-state index in [9.17, 15) is 0 Å². The summed E-state index contributed by atoms with van der Waals surface area (Å²) < 4.78 is 0. The maximum Gasteiger partial charge on any atom is 0.0400 e. The van der Waals surface area contributed by atoms with Crippen molar-refractivity contribution in [2.75, 3.05) is 0 Å². The van der Waals surface area contributed by atoms with Gasteiger partial charge < -0.3 is 0 Å². The Balaban J connectivity index is 2.74. The Morgan fingerprint density at radius 3 is 1.81 bits per heavy atom. The van der Waals surface area contributed by atoms with Crippen LogP contribution in [-0.2, 0) is 0 Å². The van der Waals surface area contributed by atoms with E-state index in [2.05, 4.69) is 74.8 Å². The summed E-state index contributed by atoms with van der Waals surface area (Å²) in [5.41, 5.74) is 3.17. The zero-order valence-corrected chi connectivity index (χ0v) is 12.6. The summed E-state index contributed by atoms with van der Waals surface area (Å²) in [5.74, 6) is 0.616. The molecule has 0 aromatic heterocycles. The molecule has 0 aliphatic rings. The van der Waals surface area contributed by atoms with Crippen LogP contribution in [-0.4, -0.2) is 0 Å². The molecule has 0 saturated heterocycles. The van der Waals surface area contributed by atoms with E-state index >= 15 is 0 Å². The third-order valence-electron chi connectivity index (χ3n) is 2.76. The molecule has 0 spiro atoms. The van der Waals surface area contributed by atoms with Gasteiger partial charge in [-0.3, -0.25) is 0 Å². The van der Waals surface area contributed by atoms with Crippen LogP contribution in [0, 0.1) is 5.41 Å². The van der Waals surface area contributed by atoms with Crippen molar-refractivity contribution in [3.8, 4) is 0 Å². The quantitative estimate of drug-likeness (QED) is 0.626. The number of rotatable bonds is 3. The van der Waals surface area contributed by atoms with Crippen molar-refractivity contribution in [1.29, 1.82) is 0 Å². The minimum absolute atomic E-state index is 0.366. The smallest absolute Gasteiger partial charge is 0.0400 e. The monoisotopic (exact) mass is 282 g/mol. The number of hydrogen-bond donors (Lipinski definition) is 0. The molecule has 1 rings (SSSR count). The standard InChI is InChI=1S/C15H23Br/c1-11(2)12-6-8-13(9-7-12)14(16)10-15(3,4)5/h6-9,11,14H,10H2,1-5H3. The lowest BCUT2D eigenvalue weighted by Crippen LogP contribution is -2.08. The second-order valence-corrected chi connectivity index (χ2v) is 7.16. The summed E-state index contributed by atoms with van der Waals surface area (Å²) >= 11 is 3.78. The third kappa shape index (κ3) is 4.29. The lowest BCUT2D eigenvalue weighted by Gasteiger charge is -2.22. The topological polar surface area (TPSA) is 0 Å². The van der Waals surface area contributed by atoms with Gasteiger partial charge in [0.1, 0.15) is 0 Å². The van der Waals surface area contributed by atoms with Crippen LogP contribution in [0.5, 0.6) is 0 Å². The molecule has 0 N–H and O–H groups in total. The predicted octanol–water partition coefficient (Wildman–Crippen LogP) is 5.68. The highest BCUT2D eigenvalue weighted by Gasteiger charge is 2.17. The van der Waals surface area contributed by atoms with Crippen LogP contribution in [0.25, 0.3) is 0 Å². The summed E-state index contributed by atoms with van der Waals surface area (Å²) in [7, 11) is 0. The minimum atomic E-state index is 0.366. The molecule has 0 amide bonds. The van der Waals surface area contributed by atoms with Crippen LogP contribution in [0.15, 0.2) is 24.3 Å². The fourth-order valence-corrected chi connectivity index (χ4v) is 3.02. The molecular formula is C15H23Br. The predicted molar refractivity (Wildman–Crippen MR) is 76.3 cm³/mol. The molecule has 90 valence electrons. The van der Waals surface area contributed by atoms with E-state index in [0.29, 0.717) is 16.2 Å². The fourth-order valence-electron chi connectivity index (χ4n) is 1.75. The largest absolute Gasteiger partial charge is 0.0839 e. The molecule has 0 saturated carbocycles. The van der Waals surface area contributed by atoms with Gasteiger partial charge in [-0.25, -0.2) is 0 Å². The first-order valence-electron chi connectivity index (χ1n) is 6.03. The van der Waals surface area contributed by atoms with Gasteiger partial charge in [-0.05, 0) is 28.9 Å². The molecule has 1 atom stereocenters. The highest BCUT2D eigenvalue weighted by Crippen LogP contribution is 2.35. The molecule has 16 heavy (non-hydrogen) atoms. The first kappa shape index (κ1) is 13.8. The molecule has 0 aliphatic heterocycles. The highest BCUT2D eigenvalue weighted by molar-refractivity contribution is 9.09. The van der Waals surface area contributed by atoms with Gasteiger partial charge in [0, 0.05) is 4.83 Å². The SMILES string of the molecule is CC(C)c1ccc(C(Br)CC(C)(C)C)cc1. The summed E-state index contributed by atoms with van der Waals surface area (Å²) in [5, 5.41) is 0. The highest BCUT2D eigenvalue weighted by atomic mass is 79.9. The first-order valence-corrected chi connectivity index (χ1v) is 6.95. The van der Waals surface area contributed by atoms with E-state index < -0.39 is 0 Å². The summed E-state index contributed by atoms with van der Waals surface area (Å²) in [6, 6.07) is 8.99. The van der Waals surface area contributed by atoms with Crippen LogP contribution in [0.3, 0.4) is 0 Å². The first-order chi connectivity index (χ1) is 7.29. The lowest BCUT2D eigenvalue weighted by molar-refractivity contribution is 0.377. The third-order valence-corrected chi connectivity index (χ3v) is 3.61. The van der Waals surface area contributed by atoms with Crippen molar-refractivity contribution in [1.82, 2.24) is 0 Å². The molecule has 0 radical (unpaired) electrons. The average molecular weight is 283 g/mol. The van der Waals surface area contributed by atoms with Gasteiger partial charge in [-0.2, -0.15) is 0 Å². The molecule has 0 nitrogen and oxygen atoms in total. The molecule has 1 unspecified atom stereocenters. The van der Waals surface area contributed by atoms with Crippen molar-refractivity contribution < 1.29 is 0 Å². The van der Waals surface area contributed by atoms with Crippen LogP contribution < -0.4 is 0 Å². The second kappa shape index (κ2) is 5.35. The van der Waals surface area contributed by atoms with E-state index in [1.54, 1.807) is 0 Å². The summed E-state index contributed by atoms with van der Waals surface area (Å²) in [6.45, 7) is 11.3. The molecule has 0 bridgehead atoms.